The molecule has 1 atom stereocenters. The smallest absolute Gasteiger partial charge is 0.306 e. The third-order valence-corrected chi connectivity index (χ3v) is 9.32. The predicted octanol–water partition coefficient (Wildman–Crippen LogP) is 16.1. The molecule has 0 spiro atoms. The van der Waals surface area contributed by atoms with Crippen LogP contribution in [0.25, 0.3) is 0 Å². The Kier molecular flexibility index (Phi) is 47.2. The van der Waals surface area contributed by atoms with Gasteiger partial charge < -0.3 is 14.6 Å². The van der Waals surface area contributed by atoms with Crippen molar-refractivity contribution in [1.29, 1.82) is 0 Å². The van der Waals surface area contributed by atoms with Crippen molar-refractivity contribution in [2.45, 2.75) is 174 Å². The molecule has 62 heavy (non-hydrogen) atoms. The van der Waals surface area contributed by atoms with Crippen molar-refractivity contribution >= 4 is 11.9 Å². The van der Waals surface area contributed by atoms with Gasteiger partial charge in [-0.2, -0.15) is 0 Å². The molecule has 0 fully saturated rings. The van der Waals surface area contributed by atoms with E-state index in [1.807, 2.05) is 0 Å². The topological polar surface area (TPSA) is 72.8 Å². The van der Waals surface area contributed by atoms with Crippen LogP contribution in [0.5, 0.6) is 0 Å². The van der Waals surface area contributed by atoms with E-state index in [2.05, 4.69) is 172 Å². The lowest BCUT2D eigenvalue weighted by Crippen LogP contribution is -2.28. The van der Waals surface area contributed by atoms with Crippen LogP contribution in [-0.2, 0) is 19.1 Å². The number of hydrogen-bond donors (Lipinski definition) is 1. The fraction of sp³-hybridized carbons (Fsp3) is 0.509. The maximum Gasteiger partial charge on any atom is 0.306 e. The van der Waals surface area contributed by atoms with Crippen LogP contribution in [0.2, 0.25) is 0 Å². The number of esters is 2. The lowest BCUT2D eigenvalue weighted by molar-refractivity contribution is -0.161. The summed E-state index contributed by atoms with van der Waals surface area (Å²) in [5.41, 5.74) is 0. The lowest BCUT2D eigenvalue weighted by atomic mass is 10.1. The molecule has 0 amide bonds. The number of aliphatic hydroxyl groups is 1. The minimum atomic E-state index is -0.816. The number of aliphatic hydroxyl groups excluding tert-OH is 1. The van der Waals surface area contributed by atoms with Crippen LogP contribution >= 0.6 is 0 Å². The zero-order valence-electron chi connectivity index (χ0n) is 39.1. The van der Waals surface area contributed by atoms with Gasteiger partial charge in [-0.1, -0.05) is 198 Å². The molecule has 344 valence electrons. The first kappa shape index (κ1) is 57.5. The van der Waals surface area contributed by atoms with E-state index in [4.69, 9.17) is 9.47 Å². The minimum Gasteiger partial charge on any atom is -0.462 e. The SMILES string of the molecule is CC/C=C\C/C=C\C/C=C\C/C=C\C/C=C\C/C=C\C/C=C\C/C=C\CCCCCCCCC(=O)OC(CO)COC(=O)CCC/C=C\C/C=C\C/C=C\C/C=C\C/C=C\CC. The van der Waals surface area contributed by atoms with Crippen LogP contribution in [0.15, 0.2) is 158 Å². The Labute approximate surface area is 380 Å². The fourth-order valence-electron chi connectivity index (χ4n) is 5.78. The highest BCUT2D eigenvalue weighted by Gasteiger charge is 2.16. The van der Waals surface area contributed by atoms with E-state index in [1.165, 1.54) is 12.8 Å². The molecule has 0 radical (unpaired) electrons. The third-order valence-electron chi connectivity index (χ3n) is 9.32. The molecule has 0 aromatic rings. The van der Waals surface area contributed by atoms with Crippen molar-refractivity contribution in [3.05, 3.63) is 158 Å². The van der Waals surface area contributed by atoms with Gasteiger partial charge in [0.2, 0.25) is 0 Å². The monoisotopic (exact) mass is 851 g/mol. The van der Waals surface area contributed by atoms with Gasteiger partial charge in [-0.05, 0) is 116 Å². The molecule has 0 saturated carbocycles. The summed E-state index contributed by atoms with van der Waals surface area (Å²) in [6.45, 7) is 3.82. The molecule has 0 bridgehead atoms. The summed E-state index contributed by atoms with van der Waals surface area (Å²) in [6.07, 6.45) is 79.0. The first-order valence-corrected chi connectivity index (χ1v) is 24.0. The van der Waals surface area contributed by atoms with Gasteiger partial charge in [0, 0.05) is 12.8 Å². The molecular weight excluding hydrogens is 765 g/mol. The highest BCUT2D eigenvalue weighted by atomic mass is 16.6. The van der Waals surface area contributed by atoms with Crippen LogP contribution in [0, 0.1) is 0 Å². The van der Waals surface area contributed by atoms with Gasteiger partial charge >= 0.3 is 11.9 Å². The van der Waals surface area contributed by atoms with Crippen molar-refractivity contribution in [3.63, 3.8) is 0 Å². The molecule has 0 aromatic carbocycles. The van der Waals surface area contributed by atoms with Gasteiger partial charge in [0.15, 0.2) is 6.10 Å². The molecule has 1 unspecified atom stereocenters. The number of carbonyl (C=O) groups excluding carboxylic acids is 2. The second-order valence-electron chi connectivity index (χ2n) is 15.1. The molecular formula is C57H86O5. The van der Waals surface area contributed by atoms with Crippen molar-refractivity contribution in [1.82, 2.24) is 0 Å². The first-order chi connectivity index (χ1) is 30.6. The minimum absolute atomic E-state index is 0.113. The molecule has 0 heterocycles. The zero-order valence-corrected chi connectivity index (χ0v) is 39.1. The Morgan fingerprint density at radius 2 is 0.661 bits per heavy atom. The molecule has 0 rings (SSSR count). The van der Waals surface area contributed by atoms with Gasteiger partial charge in [-0.3, -0.25) is 9.59 Å². The summed E-state index contributed by atoms with van der Waals surface area (Å²) in [4.78, 5) is 24.4. The Morgan fingerprint density at radius 1 is 0.371 bits per heavy atom. The van der Waals surface area contributed by atoms with E-state index in [0.29, 0.717) is 19.3 Å². The standard InChI is InChI=1S/C57H86O5/c1-3-5-7-9-11-13-15-17-19-21-22-23-24-25-26-27-28-29-30-31-32-33-34-36-38-40-42-44-46-48-50-52-57(60)62-55(53-58)54-61-56(59)51-49-47-45-43-41-39-37-35-20-18-16-14-12-10-8-6-4-2/h5-8,11-14,17-20,22-23,25-26,28-29,31-32,34,36-37,39,43,45,55,58H,3-4,9-10,15-16,21,24,27,30,33,35,38,40-42,44,46-54H2,1-2H3/b7-5-,8-6-,13-11-,14-12-,19-17-,20-18-,23-22-,26-25-,29-28-,32-31-,36-34-,39-37-,45-43-. The summed E-state index contributed by atoms with van der Waals surface area (Å²) < 4.78 is 10.6. The average molecular weight is 851 g/mol. The van der Waals surface area contributed by atoms with Crippen LogP contribution in [0.4, 0.5) is 0 Å². The van der Waals surface area contributed by atoms with Crippen LogP contribution in [0.3, 0.4) is 0 Å². The summed E-state index contributed by atoms with van der Waals surface area (Å²) >= 11 is 0. The number of unbranched alkanes of at least 4 members (excludes halogenated alkanes) is 7. The molecule has 5 heteroatoms. The molecule has 0 aliphatic carbocycles. The molecule has 5 nitrogen and oxygen atoms in total. The third kappa shape index (κ3) is 48.2. The maximum absolute atomic E-state index is 12.2. The summed E-state index contributed by atoms with van der Waals surface area (Å²) in [5.74, 6) is -0.693. The normalized spacial score (nSPS) is 13.7. The molecule has 0 aliphatic rings. The highest BCUT2D eigenvalue weighted by molar-refractivity contribution is 5.70. The van der Waals surface area contributed by atoms with Gasteiger partial charge in [0.05, 0.1) is 6.61 Å². The van der Waals surface area contributed by atoms with Gasteiger partial charge in [0.1, 0.15) is 6.61 Å². The van der Waals surface area contributed by atoms with E-state index >= 15 is 0 Å². The number of allylic oxidation sites excluding steroid dienone is 26. The first-order valence-electron chi connectivity index (χ1n) is 24.0. The maximum atomic E-state index is 12.2. The summed E-state index contributed by atoms with van der Waals surface area (Å²) in [6, 6.07) is 0. The highest BCUT2D eigenvalue weighted by Crippen LogP contribution is 2.11. The van der Waals surface area contributed by atoms with Crippen molar-refractivity contribution in [2.24, 2.45) is 0 Å². The largest absolute Gasteiger partial charge is 0.462 e. The van der Waals surface area contributed by atoms with Crippen molar-refractivity contribution < 1.29 is 24.2 Å². The van der Waals surface area contributed by atoms with E-state index < -0.39 is 6.10 Å². The number of hydrogen-bond acceptors (Lipinski definition) is 5. The van der Waals surface area contributed by atoms with Gasteiger partial charge in [-0.15, -0.1) is 0 Å². The Bertz CT molecular complexity index is 1420. The summed E-state index contributed by atoms with van der Waals surface area (Å²) in [7, 11) is 0. The quantitative estimate of drug-likeness (QED) is 0.0377. The van der Waals surface area contributed by atoms with Crippen LogP contribution in [-0.4, -0.2) is 36.4 Å². The van der Waals surface area contributed by atoms with E-state index in [-0.39, 0.29) is 25.2 Å². The number of rotatable bonds is 41. The van der Waals surface area contributed by atoms with Crippen LogP contribution in [0.1, 0.15) is 168 Å². The van der Waals surface area contributed by atoms with E-state index in [0.717, 1.165) is 122 Å². The molecule has 0 aliphatic heterocycles. The van der Waals surface area contributed by atoms with Crippen molar-refractivity contribution in [2.75, 3.05) is 13.2 Å². The van der Waals surface area contributed by atoms with Gasteiger partial charge in [-0.25, -0.2) is 0 Å². The average Bonchev–Trinajstić information content (AvgIpc) is 3.28. The number of ether oxygens (including phenoxy) is 2. The molecule has 0 saturated heterocycles. The van der Waals surface area contributed by atoms with Crippen LogP contribution < -0.4 is 0 Å². The second-order valence-corrected chi connectivity index (χ2v) is 15.1. The fourth-order valence-corrected chi connectivity index (χ4v) is 5.78. The van der Waals surface area contributed by atoms with E-state index in [9.17, 15) is 14.7 Å². The Hall–Kier alpha value is -4.48. The predicted molar refractivity (Wildman–Crippen MR) is 269 cm³/mol. The number of carbonyl (C=O) groups is 2. The Morgan fingerprint density at radius 3 is 1.02 bits per heavy atom. The molecule has 1 N–H and O–H groups in total. The zero-order chi connectivity index (χ0) is 44.9. The van der Waals surface area contributed by atoms with Gasteiger partial charge in [0.25, 0.3) is 0 Å². The van der Waals surface area contributed by atoms with Crippen molar-refractivity contribution in [3.8, 4) is 0 Å². The lowest BCUT2D eigenvalue weighted by Gasteiger charge is -2.15. The Balaban J connectivity index is 3.71. The second kappa shape index (κ2) is 50.9. The molecule has 0 aromatic heterocycles. The van der Waals surface area contributed by atoms with E-state index in [1.54, 1.807) is 0 Å². The summed E-state index contributed by atoms with van der Waals surface area (Å²) in [5, 5.41) is 9.60.